The molecule has 4 heteroatoms. The standard InChI is InChI=1S/C13H23N3O/c1-6-7-17-12-8-11(14-9-15-12)16-10(2)13(3,4)5/h8-10H,6-7H2,1-5H3,(H,14,15,16). The van der Waals surface area contributed by atoms with Crippen LogP contribution < -0.4 is 10.1 Å². The summed E-state index contributed by atoms with van der Waals surface area (Å²) >= 11 is 0. The fourth-order valence-corrected chi connectivity index (χ4v) is 1.14. The van der Waals surface area contributed by atoms with Crippen molar-refractivity contribution >= 4 is 5.82 Å². The Morgan fingerprint density at radius 1 is 1.35 bits per heavy atom. The van der Waals surface area contributed by atoms with E-state index in [9.17, 15) is 0 Å². The summed E-state index contributed by atoms with van der Waals surface area (Å²) in [5.41, 5.74) is 0.190. The van der Waals surface area contributed by atoms with Crippen molar-refractivity contribution in [3.05, 3.63) is 12.4 Å². The number of anilines is 1. The predicted molar refractivity (Wildman–Crippen MR) is 70.4 cm³/mol. The van der Waals surface area contributed by atoms with Gasteiger partial charge >= 0.3 is 0 Å². The quantitative estimate of drug-likeness (QED) is 0.854. The van der Waals surface area contributed by atoms with Crippen molar-refractivity contribution in [2.45, 2.75) is 47.1 Å². The monoisotopic (exact) mass is 237 g/mol. The first-order chi connectivity index (χ1) is 7.93. The van der Waals surface area contributed by atoms with Crippen LogP contribution in [0.25, 0.3) is 0 Å². The molecule has 0 bridgehead atoms. The first-order valence-corrected chi connectivity index (χ1v) is 6.15. The van der Waals surface area contributed by atoms with Gasteiger partial charge in [-0.1, -0.05) is 27.7 Å². The molecule has 1 heterocycles. The van der Waals surface area contributed by atoms with Crippen molar-refractivity contribution in [1.82, 2.24) is 9.97 Å². The van der Waals surface area contributed by atoms with E-state index in [2.05, 4.69) is 49.9 Å². The molecule has 0 amide bonds. The zero-order valence-electron chi connectivity index (χ0n) is 11.4. The molecule has 0 radical (unpaired) electrons. The molecule has 96 valence electrons. The highest BCUT2D eigenvalue weighted by atomic mass is 16.5. The number of aromatic nitrogens is 2. The minimum absolute atomic E-state index is 0.190. The second kappa shape index (κ2) is 5.84. The Balaban J connectivity index is 2.65. The molecule has 0 aliphatic rings. The van der Waals surface area contributed by atoms with Crippen LogP contribution >= 0.6 is 0 Å². The topological polar surface area (TPSA) is 47.0 Å². The lowest BCUT2D eigenvalue weighted by Gasteiger charge is -2.28. The summed E-state index contributed by atoms with van der Waals surface area (Å²) in [5, 5.41) is 3.37. The normalized spacial score (nSPS) is 13.2. The van der Waals surface area contributed by atoms with E-state index < -0.39 is 0 Å². The van der Waals surface area contributed by atoms with Gasteiger partial charge in [-0.3, -0.25) is 0 Å². The van der Waals surface area contributed by atoms with E-state index in [4.69, 9.17) is 4.74 Å². The van der Waals surface area contributed by atoms with Crippen LogP contribution in [0.4, 0.5) is 5.82 Å². The lowest BCUT2D eigenvalue weighted by molar-refractivity contribution is 0.304. The number of hydrogen-bond donors (Lipinski definition) is 1. The van der Waals surface area contributed by atoms with Gasteiger partial charge in [0, 0.05) is 12.1 Å². The molecule has 0 saturated carbocycles. The van der Waals surface area contributed by atoms with Crippen LogP contribution in [0.1, 0.15) is 41.0 Å². The van der Waals surface area contributed by atoms with Crippen LogP contribution in [0.5, 0.6) is 5.88 Å². The van der Waals surface area contributed by atoms with Gasteiger partial charge in [0.2, 0.25) is 5.88 Å². The predicted octanol–water partition coefficient (Wildman–Crippen LogP) is 3.11. The minimum atomic E-state index is 0.190. The van der Waals surface area contributed by atoms with E-state index in [1.165, 1.54) is 6.33 Å². The maximum absolute atomic E-state index is 5.47. The lowest BCUT2D eigenvalue weighted by Crippen LogP contribution is -2.31. The SMILES string of the molecule is CCCOc1cc(NC(C)C(C)(C)C)ncn1. The molecule has 1 N–H and O–H groups in total. The van der Waals surface area contributed by atoms with E-state index in [0.717, 1.165) is 12.2 Å². The summed E-state index contributed by atoms with van der Waals surface area (Å²) in [5.74, 6) is 1.44. The maximum Gasteiger partial charge on any atom is 0.218 e. The average Bonchev–Trinajstić information content (AvgIpc) is 2.25. The van der Waals surface area contributed by atoms with E-state index >= 15 is 0 Å². The van der Waals surface area contributed by atoms with Crippen LogP contribution in [0.3, 0.4) is 0 Å². The second-order valence-electron chi connectivity index (χ2n) is 5.32. The molecular weight excluding hydrogens is 214 g/mol. The average molecular weight is 237 g/mol. The summed E-state index contributed by atoms with van der Waals surface area (Å²) < 4.78 is 5.47. The molecule has 17 heavy (non-hydrogen) atoms. The van der Waals surface area contributed by atoms with Gasteiger partial charge in [0.05, 0.1) is 6.61 Å². The third kappa shape index (κ3) is 4.59. The molecule has 0 aliphatic heterocycles. The van der Waals surface area contributed by atoms with Gasteiger partial charge in [-0.2, -0.15) is 0 Å². The van der Waals surface area contributed by atoms with Crippen LogP contribution in [0, 0.1) is 5.41 Å². The number of nitrogens with zero attached hydrogens (tertiary/aromatic N) is 2. The van der Waals surface area contributed by atoms with Crippen molar-refractivity contribution in [2.75, 3.05) is 11.9 Å². The Kier molecular flexibility index (Phi) is 4.73. The minimum Gasteiger partial charge on any atom is -0.478 e. The van der Waals surface area contributed by atoms with E-state index in [-0.39, 0.29) is 5.41 Å². The Morgan fingerprint density at radius 3 is 2.65 bits per heavy atom. The first-order valence-electron chi connectivity index (χ1n) is 6.15. The number of nitrogens with one attached hydrogen (secondary N) is 1. The lowest BCUT2D eigenvalue weighted by atomic mass is 9.88. The fraction of sp³-hybridized carbons (Fsp3) is 0.692. The highest BCUT2D eigenvalue weighted by molar-refractivity contribution is 5.38. The van der Waals surface area contributed by atoms with Gasteiger partial charge in [0.1, 0.15) is 12.1 Å². The zero-order valence-corrected chi connectivity index (χ0v) is 11.4. The maximum atomic E-state index is 5.47. The summed E-state index contributed by atoms with van der Waals surface area (Å²) in [6.07, 6.45) is 2.51. The van der Waals surface area contributed by atoms with Crippen molar-refractivity contribution in [3.8, 4) is 5.88 Å². The van der Waals surface area contributed by atoms with Gasteiger partial charge in [-0.25, -0.2) is 9.97 Å². The molecule has 0 fully saturated rings. The highest BCUT2D eigenvalue weighted by Gasteiger charge is 2.20. The number of hydrogen-bond acceptors (Lipinski definition) is 4. The van der Waals surface area contributed by atoms with Crippen LogP contribution in [-0.2, 0) is 0 Å². The summed E-state index contributed by atoms with van der Waals surface area (Å²) in [7, 11) is 0. The molecule has 1 aromatic heterocycles. The van der Waals surface area contributed by atoms with Crippen LogP contribution in [0.2, 0.25) is 0 Å². The fourth-order valence-electron chi connectivity index (χ4n) is 1.14. The van der Waals surface area contributed by atoms with Crippen molar-refractivity contribution < 1.29 is 4.74 Å². The van der Waals surface area contributed by atoms with Gasteiger partial charge in [-0.05, 0) is 18.8 Å². The molecule has 1 atom stereocenters. The molecule has 0 saturated heterocycles. The molecular formula is C13H23N3O. The zero-order chi connectivity index (χ0) is 12.9. The summed E-state index contributed by atoms with van der Waals surface area (Å²) in [4.78, 5) is 8.27. The molecule has 1 aromatic rings. The van der Waals surface area contributed by atoms with Gasteiger partial charge in [0.15, 0.2) is 0 Å². The Labute approximate surface area is 104 Å². The highest BCUT2D eigenvalue weighted by Crippen LogP contribution is 2.22. The number of ether oxygens (including phenoxy) is 1. The molecule has 0 aromatic carbocycles. The van der Waals surface area contributed by atoms with Crippen molar-refractivity contribution in [1.29, 1.82) is 0 Å². The largest absolute Gasteiger partial charge is 0.478 e. The Hall–Kier alpha value is -1.32. The first kappa shape index (κ1) is 13.7. The van der Waals surface area contributed by atoms with Crippen LogP contribution in [-0.4, -0.2) is 22.6 Å². The van der Waals surface area contributed by atoms with Crippen LogP contribution in [0.15, 0.2) is 12.4 Å². The van der Waals surface area contributed by atoms with Crippen molar-refractivity contribution in [3.63, 3.8) is 0 Å². The molecule has 1 unspecified atom stereocenters. The molecule has 1 rings (SSSR count). The third-order valence-electron chi connectivity index (χ3n) is 2.76. The third-order valence-corrected chi connectivity index (χ3v) is 2.76. The van der Waals surface area contributed by atoms with Crippen molar-refractivity contribution in [2.24, 2.45) is 5.41 Å². The molecule has 0 aliphatic carbocycles. The van der Waals surface area contributed by atoms with E-state index in [0.29, 0.717) is 18.5 Å². The Morgan fingerprint density at radius 2 is 2.06 bits per heavy atom. The summed E-state index contributed by atoms with van der Waals surface area (Å²) in [6.45, 7) is 11.5. The van der Waals surface area contributed by atoms with E-state index in [1.807, 2.05) is 6.07 Å². The van der Waals surface area contributed by atoms with Gasteiger partial charge in [0.25, 0.3) is 0 Å². The summed E-state index contributed by atoms with van der Waals surface area (Å²) in [6, 6.07) is 2.18. The second-order valence-corrected chi connectivity index (χ2v) is 5.32. The van der Waals surface area contributed by atoms with Gasteiger partial charge < -0.3 is 10.1 Å². The molecule has 0 spiro atoms. The smallest absolute Gasteiger partial charge is 0.218 e. The number of rotatable bonds is 5. The van der Waals surface area contributed by atoms with Gasteiger partial charge in [-0.15, -0.1) is 0 Å². The van der Waals surface area contributed by atoms with E-state index in [1.54, 1.807) is 0 Å². The molecule has 4 nitrogen and oxygen atoms in total. The Bertz CT molecular complexity index is 347.